The van der Waals surface area contributed by atoms with Gasteiger partial charge in [0.05, 0.1) is 5.54 Å². The van der Waals surface area contributed by atoms with E-state index in [0.717, 1.165) is 19.5 Å². The van der Waals surface area contributed by atoms with Gasteiger partial charge >= 0.3 is 6.03 Å². The molecule has 1 aliphatic rings. The molecule has 2 amide bonds. The molecule has 1 rings (SSSR count). The molecule has 0 saturated carbocycles. The van der Waals surface area contributed by atoms with E-state index in [1.807, 2.05) is 6.92 Å². The monoisotopic (exact) mass is 157 g/mol. The second-order valence-corrected chi connectivity index (χ2v) is 3.19. The molecule has 0 aromatic carbocycles. The van der Waals surface area contributed by atoms with Crippen molar-refractivity contribution < 1.29 is 4.79 Å². The van der Waals surface area contributed by atoms with Gasteiger partial charge < -0.3 is 16.0 Å². The molecule has 1 unspecified atom stereocenters. The van der Waals surface area contributed by atoms with Gasteiger partial charge in [-0.05, 0) is 19.9 Å². The van der Waals surface area contributed by atoms with Crippen molar-refractivity contribution in [3.8, 4) is 0 Å². The number of urea groups is 1. The van der Waals surface area contributed by atoms with Gasteiger partial charge in [-0.15, -0.1) is 0 Å². The SMILES string of the molecule is CNC(=O)NC1(C)CCNC1. The summed E-state index contributed by atoms with van der Waals surface area (Å²) in [6.45, 7) is 3.89. The summed E-state index contributed by atoms with van der Waals surface area (Å²) in [5.74, 6) is 0. The van der Waals surface area contributed by atoms with Crippen LogP contribution in [0.4, 0.5) is 4.79 Å². The lowest BCUT2D eigenvalue weighted by atomic mass is 10.0. The molecular formula is C7H15N3O. The van der Waals surface area contributed by atoms with Gasteiger partial charge in [-0.25, -0.2) is 4.79 Å². The van der Waals surface area contributed by atoms with Crippen molar-refractivity contribution in [2.45, 2.75) is 18.9 Å². The maximum Gasteiger partial charge on any atom is 0.314 e. The Morgan fingerprint density at radius 1 is 1.64 bits per heavy atom. The van der Waals surface area contributed by atoms with Gasteiger partial charge in [0, 0.05) is 13.6 Å². The average molecular weight is 157 g/mol. The molecular weight excluding hydrogens is 142 g/mol. The Morgan fingerprint density at radius 3 is 2.82 bits per heavy atom. The van der Waals surface area contributed by atoms with Crippen LogP contribution in [0.15, 0.2) is 0 Å². The van der Waals surface area contributed by atoms with Crippen LogP contribution in [0, 0.1) is 0 Å². The smallest absolute Gasteiger partial charge is 0.314 e. The number of carbonyl (C=O) groups excluding carboxylic acids is 1. The topological polar surface area (TPSA) is 53.2 Å². The van der Waals surface area contributed by atoms with Crippen molar-refractivity contribution in [1.82, 2.24) is 16.0 Å². The molecule has 0 aromatic heterocycles. The predicted octanol–water partition coefficient (Wildman–Crippen LogP) is -0.333. The second-order valence-electron chi connectivity index (χ2n) is 3.19. The van der Waals surface area contributed by atoms with E-state index >= 15 is 0 Å². The van der Waals surface area contributed by atoms with Gasteiger partial charge in [0.15, 0.2) is 0 Å². The fourth-order valence-electron chi connectivity index (χ4n) is 1.26. The molecule has 0 spiro atoms. The predicted molar refractivity (Wildman–Crippen MR) is 43.5 cm³/mol. The summed E-state index contributed by atoms with van der Waals surface area (Å²) in [7, 11) is 1.63. The van der Waals surface area contributed by atoms with Crippen molar-refractivity contribution >= 4 is 6.03 Å². The minimum Gasteiger partial charge on any atom is -0.341 e. The van der Waals surface area contributed by atoms with Crippen LogP contribution in [0.1, 0.15) is 13.3 Å². The van der Waals surface area contributed by atoms with E-state index in [4.69, 9.17) is 0 Å². The van der Waals surface area contributed by atoms with Gasteiger partial charge in [0.1, 0.15) is 0 Å². The minimum absolute atomic E-state index is 0.0555. The van der Waals surface area contributed by atoms with Gasteiger partial charge in [-0.1, -0.05) is 0 Å². The van der Waals surface area contributed by atoms with Crippen molar-refractivity contribution in [2.75, 3.05) is 20.1 Å². The zero-order valence-electron chi connectivity index (χ0n) is 7.03. The fraction of sp³-hybridized carbons (Fsp3) is 0.857. The molecule has 3 N–H and O–H groups in total. The van der Waals surface area contributed by atoms with Crippen LogP contribution >= 0.6 is 0 Å². The molecule has 4 heteroatoms. The molecule has 4 nitrogen and oxygen atoms in total. The first-order chi connectivity index (χ1) is 5.16. The largest absolute Gasteiger partial charge is 0.341 e. The van der Waals surface area contributed by atoms with E-state index in [2.05, 4.69) is 16.0 Å². The highest BCUT2D eigenvalue weighted by Crippen LogP contribution is 2.12. The van der Waals surface area contributed by atoms with E-state index in [9.17, 15) is 4.79 Å². The summed E-state index contributed by atoms with van der Waals surface area (Å²) < 4.78 is 0. The van der Waals surface area contributed by atoms with E-state index in [-0.39, 0.29) is 11.6 Å². The number of carbonyl (C=O) groups is 1. The van der Waals surface area contributed by atoms with Crippen LogP contribution in [0.5, 0.6) is 0 Å². The molecule has 0 radical (unpaired) electrons. The summed E-state index contributed by atoms with van der Waals surface area (Å²) in [6, 6.07) is -0.101. The van der Waals surface area contributed by atoms with E-state index in [1.165, 1.54) is 0 Å². The Labute approximate surface area is 66.7 Å². The second kappa shape index (κ2) is 3.09. The maximum absolute atomic E-state index is 10.9. The fourth-order valence-corrected chi connectivity index (χ4v) is 1.26. The lowest BCUT2D eigenvalue weighted by Crippen LogP contribution is -2.50. The Hall–Kier alpha value is -0.770. The van der Waals surface area contributed by atoms with Crippen LogP contribution in [-0.4, -0.2) is 31.7 Å². The van der Waals surface area contributed by atoms with Gasteiger partial charge in [0.2, 0.25) is 0 Å². The highest BCUT2D eigenvalue weighted by Gasteiger charge is 2.29. The molecule has 1 saturated heterocycles. The van der Waals surface area contributed by atoms with Gasteiger partial charge in [-0.3, -0.25) is 0 Å². The van der Waals surface area contributed by atoms with Gasteiger partial charge in [-0.2, -0.15) is 0 Å². The third-order valence-corrected chi connectivity index (χ3v) is 2.01. The summed E-state index contributed by atoms with van der Waals surface area (Å²) in [5, 5.41) is 8.63. The molecule has 1 atom stereocenters. The first-order valence-electron chi connectivity index (χ1n) is 3.87. The Balaban J connectivity index is 2.39. The van der Waals surface area contributed by atoms with Crippen molar-refractivity contribution in [1.29, 1.82) is 0 Å². The van der Waals surface area contributed by atoms with E-state index in [1.54, 1.807) is 7.05 Å². The summed E-state index contributed by atoms with van der Waals surface area (Å²) >= 11 is 0. The molecule has 1 heterocycles. The van der Waals surface area contributed by atoms with E-state index < -0.39 is 0 Å². The lowest BCUT2D eigenvalue weighted by molar-refractivity contribution is 0.231. The number of nitrogens with one attached hydrogen (secondary N) is 3. The van der Waals surface area contributed by atoms with Crippen LogP contribution in [-0.2, 0) is 0 Å². The number of hydrogen-bond donors (Lipinski definition) is 3. The van der Waals surface area contributed by atoms with Crippen LogP contribution < -0.4 is 16.0 Å². The average Bonchev–Trinajstić information content (AvgIpc) is 2.36. The molecule has 11 heavy (non-hydrogen) atoms. The first kappa shape index (κ1) is 8.33. The summed E-state index contributed by atoms with van der Waals surface area (Å²) in [4.78, 5) is 10.9. The van der Waals surface area contributed by atoms with Crippen LogP contribution in [0.25, 0.3) is 0 Å². The Morgan fingerprint density at radius 2 is 2.36 bits per heavy atom. The summed E-state index contributed by atoms with van der Waals surface area (Å²) in [6.07, 6.45) is 1.00. The maximum atomic E-state index is 10.9. The molecule has 64 valence electrons. The zero-order chi connectivity index (χ0) is 8.32. The zero-order valence-corrected chi connectivity index (χ0v) is 7.03. The molecule has 1 aliphatic heterocycles. The van der Waals surface area contributed by atoms with Crippen molar-refractivity contribution in [2.24, 2.45) is 0 Å². The first-order valence-corrected chi connectivity index (χ1v) is 3.87. The third-order valence-electron chi connectivity index (χ3n) is 2.01. The minimum atomic E-state index is -0.101. The quantitative estimate of drug-likeness (QED) is 0.488. The Kier molecular flexibility index (Phi) is 2.34. The number of rotatable bonds is 1. The highest BCUT2D eigenvalue weighted by atomic mass is 16.2. The van der Waals surface area contributed by atoms with Gasteiger partial charge in [0.25, 0.3) is 0 Å². The molecule has 1 fully saturated rings. The molecule has 0 bridgehead atoms. The Bertz CT molecular complexity index is 152. The highest BCUT2D eigenvalue weighted by molar-refractivity contribution is 5.74. The van der Waals surface area contributed by atoms with Crippen LogP contribution in [0.3, 0.4) is 0 Å². The van der Waals surface area contributed by atoms with E-state index in [0.29, 0.717) is 0 Å². The number of amides is 2. The molecule has 0 aromatic rings. The van der Waals surface area contributed by atoms with Crippen molar-refractivity contribution in [3.05, 3.63) is 0 Å². The lowest BCUT2D eigenvalue weighted by Gasteiger charge is -2.23. The van der Waals surface area contributed by atoms with Crippen molar-refractivity contribution in [3.63, 3.8) is 0 Å². The summed E-state index contributed by atoms with van der Waals surface area (Å²) in [5.41, 5.74) is -0.0555. The molecule has 0 aliphatic carbocycles. The normalized spacial score (nSPS) is 30.0. The number of hydrogen-bond acceptors (Lipinski definition) is 2. The third kappa shape index (κ3) is 2.08. The standard InChI is InChI=1S/C7H15N3O/c1-7(3-4-9-5-7)10-6(11)8-2/h9H,3-5H2,1-2H3,(H2,8,10,11). The van der Waals surface area contributed by atoms with Crippen LogP contribution in [0.2, 0.25) is 0 Å².